The van der Waals surface area contributed by atoms with Crippen molar-refractivity contribution in [3.8, 4) is 11.3 Å². The van der Waals surface area contributed by atoms with Crippen molar-refractivity contribution in [3.63, 3.8) is 0 Å². The Bertz CT molecular complexity index is 1070. The molecule has 1 unspecified atom stereocenters. The summed E-state index contributed by atoms with van der Waals surface area (Å²) in [4.78, 5) is 24.2. The number of nitrogens with zero attached hydrogens (tertiary/aromatic N) is 4. The fourth-order valence-corrected chi connectivity index (χ4v) is 4.35. The van der Waals surface area contributed by atoms with E-state index >= 15 is 0 Å². The molecule has 2 saturated heterocycles. The SMILES string of the molecule is Cc1ncc(-c2ccc3cnc(CC(=O)C4CCN(C5COC5)C4)cc3c2)n1C. The molecule has 2 aliphatic rings. The number of hydrogen-bond donors (Lipinski definition) is 0. The molecule has 0 radical (unpaired) electrons. The van der Waals surface area contributed by atoms with Crippen LogP contribution in [0.2, 0.25) is 0 Å². The molecule has 6 heteroatoms. The molecule has 0 N–H and O–H groups in total. The lowest BCUT2D eigenvalue weighted by molar-refractivity contribution is -0.122. The van der Waals surface area contributed by atoms with Crippen LogP contribution in [0, 0.1) is 12.8 Å². The second kappa shape index (κ2) is 7.35. The lowest BCUT2D eigenvalue weighted by atomic mass is 9.98. The van der Waals surface area contributed by atoms with E-state index in [1.165, 1.54) is 0 Å². The molecule has 4 heterocycles. The van der Waals surface area contributed by atoms with Crippen molar-refractivity contribution in [1.29, 1.82) is 0 Å². The Balaban J connectivity index is 1.34. The smallest absolute Gasteiger partial charge is 0.143 e. The summed E-state index contributed by atoms with van der Waals surface area (Å²) in [6.07, 6.45) is 5.14. The molecule has 150 valence electrons. The predicted molar refractivity (Wildman–Crippen MR) is 112 cm³/mol. The van der Waals surface area contributed by atoms with Crippen molar-refractivity contribution >= 4 is 16.6 Å². The maximum absolute atomic E-state index is 12.9. The van der Waals surface area contributed by atoms with Gasteiger partial charge >= 0.3 is 0 Å². The van der Waals surface area contributed by atoms with Crippen LogP contribution in [0.25, 0.3) is 22.0 Å². The van der Waals surface area contributed by atoms with Gasteiger partial charge in [-0.05, 0) is 37.4 Å². The fourth-order valence-electron chi connectivity index (χ4n) is 4.35. The maximum Gasteiger partial charge on any atom is 0.143 e. The first-order chi connectivity index (χ1) is 14.1. The molecular weight excluding hydrogens is 364 g/mol. The number of imidazole rings is 1. The van der Waals surface area contributed by atoms with Crippen molar-refractivity contribution in [2.24, 2.45) is 13.0 Å². The van der Waals surface area contributed by atoms with E-state index in [2.05, 4.69) is 43.7 Å². The van der Waals surface area contributed by atoms with Crippen LogP contribution in [0.1, 0.15) is 17.9 Å². The molecule has 0 saturated carbocycles. The number of carbonyl (C=O) groups excluding carboxylic acids is 1. The summed E-state index contributed by atoms with van der Waals surface area (Å²) in [5, 5.41) is 2.19. The van der Waals surface area contributed by atoms with Gasteiger partial charge in [0.15, 0.2) is 0 Å². The topological polar surface area (TPSA) is 60.3 Å². The van der Waals surface area contributed by atoms with Crippen LogP contribution in [0.4, 0.5) is 0 Å². The van der Waals surface area contributed by atoms with E-state index in [0.29, 0.717) is 18.2 Å². The number of benzene rings is 1. The van der Waals surface area contributed by atoms with E-state index in [1.807, 2.05) is 26.4 Å². The standard InChI is InChI=1S/C23H26N4O2/c1-15-24-11-22(26(15)2)16-3-4-17-10-25-20(8-19(17)7-16)9-23(28)18-5-6-27(12-18)21-13-29-14-21/h3-4,7-8,10-11,18,21H,5-6,9,12-14H2,1-2H3. The Morgan fingerprint density at radius 2 is 2.03 bits per heavy atom. The summed E-state index contributed by atoms with van der Waals surface area (Å²) >= 11 is 0. The van der Waals surface area contributed by atoms with Gasteiger partial charge in [-0.2, -0.15) is 0 Å². The van der Waals surface area contributed by atoms with Crippen LogP contribution in [0.5, 0.6) is 0 Å². The monoisotopic (exact) mass is 390 g/mol. The van der Waals surface area contributed by atoms with E-state index in [0.717, 1.165) is 66.3 Å². The van der Waals surface area contributed by atoms with Gasteiger partial charge in [0.05, 0.1) is 31.1 Å². The van der Waals surface area contributed by atoms with Crippen molar-refractivity contribution in [1.82, 2.24) is 19.4 Å². The number of aryl methyl sites for hydroxylation is 1. The van der Waals surface area contributed by atoms with Gasteiger partial charge in [-0.15, -0.1) is 0 Å². The first-order valence-electron chi connectivity index (χ1n) is 10.3. The molecule has 0 amide bonds. The van der Waals surface area contributed by atoms with E-state index < -0.39 is 0 Å². The highest BCUT2D eigenvalue weighted by Gasteiger charge is 2.35. The highest BCUT2D eigenvalue weighted by atomic mass is 16.5. The number of likely N-dealkylation sites (tertiary alicyclic amines) is 1. The Labute approximate surface area is 170 Å². The first-order valence-corrected chi connectivity index (χ1v) is 10.3. The van der Waals surface area contributed by atoms with Gasteiger partial charge in [0.25, 0.3) is 0 Å². The third kappa shape index (κ3) is 3.47. The summed E-state index contributed by atoms with van der Waals surface area (Å²) < 4.78 is 7.38. The number of ether oxygens (including phenoxy) is 1. The zero-order valence-electron chi connectivity index (χ0n) is 17.0. The minimum Gasteiger partial charge on any atom is -0.378 e. The predicted octanol–water partition coefficient (Wildman–Crippen LogP) is 2.78. The lowest BCUT2D eigenvalue weighted by Gasteiger charge is -2.34. The average Bonchev–Trinajstić information content (AvgIpc) is 3.28. The van der Waals surface area contributed by atoms with Gasteiger partial charge in [-0.1, -0.05) is 12.1 Å². The number of ketones is 1. The number of pyridine rings is 1. The minimum atomic E-state index is 0.122. The van der Waals surface area contributed by atoms with Crippen LogP contribution in [0.15, 0.2) is 36.7 Å². The van der Waals surface area contributed by atoms with E-state index in [1.54, 1.807) is 0 Å². The van der Waals surface area contributed by atoms with Gasteiger partial charge < -0.3 is 9.30 Å². The highest BCUT2D eigenvalue weighted by molar-refractivity contribution is 5.88. The molecule has 0 aliphatic carbocycles. The van der Waals surface area contributed by atoms with Crippen LogP contribution in [-0.2, 0) is 23.0 Å². The Morgan fingerprint density at radius 3 is 2.76 bits per heavy atom. The maximum atomic E-state index is 12.9. The Hall–Kier alpha value is -2.57. The summed E-state index contributed by atoms with van der Waals surface area (Å²) in [5.41, 5.74) is 3.06. The second-order valence-electron chi connectivity index (χ2n) is 8.30. The van der Waals surface area contributed by atoms with Crippen molar-refractivity contribution in [2.75, 3.05) is 26.3 Å². The minimum absolute atomic E-state index is 0.122. The average molecular weight is 390 g/mol. The number of Topliss-reactive ketones (excluding diaryl/α,β-unsaturated/α-hetero) is 1. The Morgan fingerprint density at radius 1 is 1.17 bits per heavy atom. The van der Waals surface area contributed by atoms with Gasteiger partial charge in [-0.25, -0.2) is 4.98 Å². The van der Waals surface area contributed by atoms with Gasteiger partial charge in [0.2, 0.25) is 0 Å². The molecule has 5 rings (SSSR count). The molecular formula is C23H26N4O2. The first kappa shape index (κ1) is 18.5. The van der Waals surface area contributed by atoms with E-state index in [-0.39, 0.29) is 5.92 Å². The molecule has 2 aliphatic heterocycles. The van der Waals surface area contributed by atoms with Crippen LogP contribution in [0.3, 0.4) is 0 Å². The zero-order valence-corrected chi connectivity index (χ0v) is 17.0. The van der Waals surface area contributed by atoms with Crippen molar-refractivity contribution in [3.05, 3.63) is 48.2 Å². The highest BCUT2D eigenvalue weighted by Crippen LogP contribution is 2.26. The molecule has 3 aromatic rings. The Kier molecular flexibility index (Phi) is 4.68. The quantitative estimate of drug-likeness (QED) is 0.670. The van der Waals surface area contributed by atoms with Crippen molar-refractivity contribution in [2.45, 2.75) is 25.8 Å². The van der Waals surface area contributed by atoms with Gasteiger partial charge in [-0.3, -0.25) is 14.7 Å². The molecule has 1 atom stereocenters. The zero-order chi connectivity index (χ0) is 20.0. The van der Waals surface area contributed by atoms with E-state index in [9.17, 15) is 4.79 Å². The number of aromatic nitrogens is 3. The summed E-state index contributed by atoms with van der Waals surface area (Å²) in [6.45, 7) is 5.49. The second-order valence-corrected chi connectivity index (χ2v) is 8.30. The number of hydrogen-bond acceptors (Lipinski definition) is 5. The van der Waals surface area contributed by atoms with Gasteiger partial charge in [0, 0.05) is 48.8 Å². The molecule has 1 aromatic carbocycles. The third-order valence-corrected chi connectivity index (χ3v) is 6.46. The fraction of sp³-hybridized carbons (Fsp3) is 0.435. The van der Waals surface area contributed by atoms with Crippen molar-refractivity contribution < 1.29 is 9.53 Å². The largest absolute Gasteiger partial charge is 0.378 e. The van der Waals surface area contributed by atoms with Crippen LogP contribution < -0.4 is 0 Å². The summed E-state index contributed by atoms with van der Waals surface area (Å²) in [7, 11) is 2.03. The molecule has 29 heavy (non-hydrogen) atoms. The number of rotatable bonds is 5. The molecule has 2 fully saturated rings. The molecule has 0 spiro atoms. The molecule has 2 aromatic heterocycles. The number of fused-ring (bicyclic) bond motifs is 1. The summed E-state index contributed by atoms with van der Waals surface area (Å²) in [6, 6.07) is 8.92. The molecule has 6 nitrogen and oxygen atoms in total. The van der Waals surface area contributed by atoms with Gasteiger partial charge in [0.1, 0.15) is 11.6 Å². The number of carbonyl (C=O) groups is 1. The van der Waals surface area contributed by atoms with E-state index in [4.69, 9.17) is 4.74 Å². The lowest BCUT2D eigenvalue weighted by Crippen LogP contribution is -2.48. The van der Waals surface area contributed by atoms with Crippen LogP contribution >= 0.6 is 0 Å². The third-order valence-electron chi connectivity index (χ3n) is 6.46. The normalized spacial score (nSPS) is 20.3. The van der Waals surface area contributed by atoms with Crippen LogP contribution in [-0.4, -0.2) is 57.6 Å². The summed E-state index contributed by atoms with van der Waals surface area (Å²) in [5.74, 6) is 1.41. The molecule has 0 bridgehead atoms.